The number of hydrogen-bond donors (Lipinski definition) is 1. The van der Waals surface area contributed by atoms with Gasteiger partial charge in [0.2, 0.25) is 17.7 Å². The summed E-state index contributed by atoms with van der Waals surface area (Å²) in [7, 11) is 0. The van der Waals surface area contributed by atoms with Crippen LogP contribution in [-0.4, -0.2) is 23.3 Å². The van der Waals surface area contributed by atoms with Crippen LogP contribution in [0.5, 0.6) is 0 Å². The topological polar surface area (TPSA) is 89.4 Å². The van der Waals surface area contributed by atoms with Gasteiger partial charge in [-0.05, 0) is 41.8 Å². The predicted octanol–water partition coefficient (Wildman–Crippen LogP) is 3.46. The van der Waals surface area contributed by atoms with Crippen LogP contribution in [0, 0.1) is 5.92 Å². The Labute approximate surface area is 157 Å². The van der Waals surface area contributed by atoms with Crippen LogP contribution in [0.15, 0.2) is 46.9 Å². The number of amides is 2. The Morgan fingerprint density at radius 2 is 1.96 bits per heavy atom. The molecule has 2 N–H and O–H groups in total. The number of anilines is 1. The lowest BCUT2D eigenvalue weighted by Crippen LogP contribution is -2.28. The van der Waals surface area contributed by atoms with E-state index in [1.165, 1.54) is 5.56 Å². The highest BCUT2D eigenvalue weighted by molar-refractivity contribution is 6.01. The van der Waals surface area contributed by atoms with Crippen LogP contribution in [0.3, 0.4) is 0 Å². The van der Waals surface area contributed by atoms with Gasteiger partial charge in [-0.1, -0.05) is 26.0 Å². The zero-order chi connectivity index (χ0) is 19.1. The molecule has 0 bridgehead atoms. The molecule has 138 valence electrons. The van der Waals surface area contributed by atoms with E-state index in [9.17, 15) is 9.59 Å². The van der Waals surface area contributed by atoms with Crippen molar-refractivity contribution in [1.29, 1.82) is 0 Å². The van der Waals surface area contributed by atoms with Crippen molar-refractivity contribution in [3.05, 3.63) is 48.0 Å². The molecule has 6 nitrogen and oxygen atoms in total. The second-order valence-corrected chi connectivity index (χ2v) is 7.26. The van der Waals surface area contributed by atoms with Crippen molar-refractivity contribution in [3.63, 3.8) is 0 Å². The molecule has 1 aromatic heterocycles. The summed E-state index contributed by atoms with van der Waals surface area (Å²) in [6.07, 6.45) is 0.152. The number of nitrogens with zero attached hydrogens (tertiary/aromatic N) is 2. The quantitative estimate of drug-likeness (QED) is 0.769. The van der Waals surface area contributed by atoms with E-state index in [4.69, 9.17) is 10.2 Å². The van der Waals surface area contributed by atoms with E-state index in [1.807, 2.05) is 18.2 Å². The highest BCUT2D eigenvalue weighted by atomic mass is 16.3. The lowest BCUT2D eigenvalue weighted by atomic mass is 10.0. The summed E-state index contributed by atoms with van der Waals surface area (Å²) < 4.78 is 5.87. The van der Waals surface area contributed by atoms with Gasteiger partial charge >= 0.3 is 0 Å². The van der Waals surface area contributed by atoms with Crippen LogP contribution in [-0.2, 0) is 9.59 Å². The van der Waals surface area contributed by atoms with E-state index in [2.05, 4.69) is 31.0 Å². The maximum atomic E-state index is 12.2. The lowest BCUT2D eigenvalue weighted by molar-refractivity contribution is -0.123. The SMILES string of the molecule is CC(C)c1ccc(-c2nc3cc(N4C[C@@H](C(N)=O)CC4=O)ccc3o2)cc1. The van der Waals surface area contributed by atoms with Crippen molar-refractivity contribution >= 4 is 28.6 Å². The van der Waals surface area contributed by atoms with Gasteiger partial charge in [0.15, 0.2) is 5.58 Å². The average Bonchev–Trinajstić information content (AvgIpc) is 3.24. The molecule has 0 spiro atoms. The molecule has 0 unspecified atom stereocenters. The first-order valence-electron chi connectivity index (χ1n) is 9.03. The minimum absolute atomic E-state index is 0.105. The standard InChI is InChI=1S/C21H21N3O3/c1-12(2)13-3-5-14(6-4-13)21-23-17-10-16(7-8-18(17)27-21)24-11-15(20(22)26)9-19(24)25/h3-8,10,12,15H,9,11H2,1-2H3,(H2,22,26)/t15-/m0/s1. The van der Waals surface area contributed by atoms with Gasteiger partial charge in [-0.25, -0.2) is 4.98 Å². The van der Waals surface area contributed by atoms with Crippen LogP contribution >= 0.6 is 0 Å². The summed E-state index contributed by atoms with van der Waals surface area (Å²) in [5.74, 6) is 0.0138. The van der Waals surface area contributed by atoms with Crippen molar-refractivity contribution < 1.29 is 14.0 Å². The zero-order valence-corrected chi connectivity index (χ0v) is 15.3. The Bertz CT molecular complexity index is 1020. The number of carbonyl (C=O) groups is 2. The minimum atomic E-state index is -0.444. The highest BCUT2D eigenvalue weighted by Crippen LogP contribution is 2.31. The molecular formula is C21H21N3O3. The Morgan fingerprint density at radius 3 is 2.59 bits per heavy atom. The van der Waals surface area contributed by atoms with Gasteiger partial charge in [-0.15, -0.1) is 0 Å². The van der Waals surface area contributed by atoms with E-state index < -0.39 is 11.8 Å². The fraction of sp³-hybridized carbons (Fsp3) is 0.286. The highest BCUT2D eigenvalue weighted by Gasteiger charge is 2.34. The molecule has 1 aliphatic heterocycles. The maximum Gasteiger partial charge on any atom is 0.227 e. The molecule has 6 heteroatoms. The molecule has 1 fully saturated rings. The number of nitrogens with two attached hydrogens (primary N) is 1. The van der Waals surface area contributed by atoms with Gasteiger partial charge in [-0.3, -0.25) is 9.59 Å². The number of primary amides is 1. The summed E-state index contributed by atoms with van der Waals surface area (Å²) in [5, 5.41) is 0. The number of rotatable bonds is 4. The predicted molar refractivity (Wildman–Crippen MR) is 103 cm³/mol. The first-order valence-corrected chi connectivity index (χ1v) is 9.03. The second kappa shape index (κ2) is 6.54. The average molecular weight is 363 g/mol. The fourth-order valence-electron chi connectivity index (χ4n) is 3.37. The second-order valence-electron chi connectivity index (χ2n) is 7.26. The van der Waals surface area contributed by atoms with E-state index in [0.29, 0.717) is 35.1 Å². The number of oxazole rings is 1. The summed E-state index contributed by atoms with van der Waals surface area (Å²) >= 11 is 0. The van der Waals surface area contributed by atoms with Crippen molar-refractivity contribution in [1.82, 2.24) is 4.98 Å². The minimum Gasteiger partial charge on any atom is -0.436 e. The molecule has 0 saturated carbocycles. The molecule has 0 radical (unpaired) electrons. The summed E-state index contributed by atoms with van der Waals surface area (Å²) in [6, 6.07) is 13.6. The third-order valence-corrected chi connectivity index (χ3v) is 5.03. The summed E-state index contributed by atoms with van der Waals surface area (Å²) in [6.45, 7) is 4.61. The summed E-state index contributed by atoms with van der Waals surface area (Å²) in [5.41, 5.74) is 9.53. The van der Waals surface area contributed by atoms with E-state index >= 15 is 0 Å². The third kappa shape index (κ3) is 3.18. The number of carbonyl (C=O) groups excluding carboxylic acids is 2. The third-order valence-electron chi connectivity index (χ3n) is 5.03. The van der Waals surface area contributed by atoms with Gasteiger partial charge in [-0.2, -0.15) is 0 Å². The van der Waals surface area contributed by atoms with Crippen LogP contribution < -0.4 is 10.6 Å². The number of fused-ring (bicyclic) bond motifs is 1. The van der Waals surface area contributed by atoms with Crippen LogP contribution in [0.4, 0.5) is 5.69 Å². The van der Waals surface area contributed by atoms with Crippen molar-refractivity contribution in [2.75, 3.05) is 11.4 Å². The normalized spacial score (nSPS) is 17.2. The molecule has 27 heavy (non-hydrogen) atoms. The van der Waals surface area contributed by atoms with Crippen molar-refractivity contribution in [2.24, 2.45) is 11.7 Å². The molecule has 0 aliphatic carbocycles. The molecular weight excluding hydrogens is 342 g/mol. The largest absolute Gasteiger partial charge is 0.436 e. The summed E-state index contributed by atoms with van der Waals surface area (Å²) in [4.78, 5) is 29.7. The van der Waals surface area contributed by atoms with Gasteiger partial charge in [0.25, 0.3) is 0 Å². The van der Waals surface area contributed by atoms with Gasteiger partial charge in [0, 0.05) is 24.2 Å². The van der Waals surface area contributed by atoms with Gasteiger partial charge in [0.1, 0.15) is 5.52 Å². The van der Waals surface area contributed by atoms with Crippen molar-refractivity contribution in [3.8, 4) is 11.5 Å². The van der Waals surface area contributed by atoms with Gasteiger partial charge in [0.05, 0.1) is 5.92 Å². The van der Waals surface area contributed by atoms with E-state index in [1.54, 1.807) is 17.0 Å². The molecule has 2 amide bonds. The van der Waals surface area contributed by atoms with Crippen LogP contribution in [0.25, 0.3) is 22.6 Å². The monoisotopic (exact) mass is 363 g/mol. The maximum absolute atomic E-state index is 12.2. The molecule has 3 aromatic rings. The smallest absolute Gasteiger partial charge is 0.227 e. The Hall–Kier alpha value is -3.15. The van der Waals surface area contributed by atoms with Crippen molar-refractivity contribution in [2.45, 2.75) is 26.2 Å². The number of benzene rings is 2. The van der Waals surface area contributed by atoms with Gasteiger partial charge < -0.3 is 15.1 Å². The Kier molecular flexibility index (Phi) is 4.18. The van der Waals surface area contributed by atoms with E-state index in [-0.39, 0.29) is 12.3 Å². The number of aromatic nitrogens is 1. The first-order chi connectivity index (χ1) is 12.9. The number of hydrogen-bond acceptors (Lipinski definition) is 4. The van der Waals surface area contributed by atoms with Crippen LogP contribution in [0.1, 0.15) is 31.7 Å². The Morgan fingerprint density at radius 1 is 1.22 bits per heavy atom. The van der Waals surface area contributed by atoms with E-state index in [0.717, 1.165) is 5.56 Å². The molecule has 2 heterocycles. The fourth-order valence-corrected chi connectivity index (χ4v) is 3.37. The zero-order valence-electron chi connectivity index (χ0n) is 15.3. The molecule has 1 saturated heterocycles. The Balaban J connectivity index is 1.64. The molecule has 4 rings (SSSR count). The van der Waals surface area contributed by atoms with Crippen LogP contribution in [0.2, 0.25) is 0 Å². The molecule has 2 aromatic carbocycles. The molecule has 1 aliphatic rings. The lowest BCUT2D eigenvalue weighted by Gasteiger charge is -2.15. The molecule has 1 atom stereocenters. The first kappa shape index (κ1) is 17.3.